The summed E-state index contributed by atoms with van der Waals surface area (Å²) in [5, 5.41) is 0.0727. The van der Waals surface area contributed by atoms with Crippen molar-refractivity contribution in [1.82, 2.24) is 0 Å². The average molecular weight is 277 g/mol. The fraction of sp³-hybridized carbons (Fsp3) is 0.188. The highest BCUT2D eigenvalue weighted by Crippen LogP contribution is 2.17. The SMILES string of the molecule is CCc1ccc(C(=O)Cc2ccc(Cl)c(F)c2)cc1. The number of ketones is 1. The maximum absolute atomic E-state index is 13.3. The van der Waals surface area contributed by atoms with Gasteiger partial charge in [-0.3, -0.25) is 4.79 Å². The van der Waals surface area contributed by atoms with E-state index in [4.69, 9.17) is 11.6 Å². The minimum atomic E-state index is -0.492. The smallest absolute Gasteiger partial charge is 0.167 e. The fourth-order valence-corrected chi connectivity index (χ4v) is 1.98. The van der Waals surface area contributed by atoms with Gasteiger partial charge in [0.2, 0.25) is 0 Å². The van der Waals surface area contributed by atoms with Crippen LogP contribution in [0.4, 0.5) is 4.39 Å². The summed E-state index contributed by atoms with van der Waals surface area (Å²) in [7, 11) is 0. The molecule has 0 N–H and O–H groups in total. The van der Waals surface area contributed by atoms with E-state index in [1.165, 1.54) is 17.7 Å². The van der Waals surface area contributed by atoms with Crippen molar-refractivity contribution in [2.45, 2.75) is 19.8 Å². The van der Waals surface area contributed by atoms with Gasteiger partial charge in [-0.15, -0.1) is 0 Å². The summed E-state index contributed by atoms with van der Waals surface area (Å²) in [5.74, 6) is -0.516. The Morgan fingerprint density at radius 2 is 1.74 bits per heavy atom. The van der Waals surface area contributed by atoms with Gasteiger partial charge in [0, 0.05) is 12.0 Å². The van der Waals surface area contributed by atoms with Crippen molar-refractivity contribution < 1.29 is 9.18 Å². The van der Waals surface area contributed by atoms with Crippen LogP contribution in [0, 0.1) is 5.82 Å². The quantitative estimate of drug-likeness (QED) is 0.753. The number of hydrogen-bond acceptors (Lipinski definition) is 1. The van der Waals surface area contributed by atoms with Gasteiger partial charge in [-0.25, -0.2) is 4.39 Å². The average Bonchev–Trinajstić information content (AvgIpc) is 2.43. The molecule has 0 heterocycles. The molecule has 0 aliphatic heterocycles. The van der Waals surface area contributed by atoms with Crippen molar-refractivity contribution >= 4 is 17.4 Å². The zero-order valence-corrected chi connectivity index (χ0v) is 11.4. The Morgan fingerprint density at radius 3 is 2.32 bits per heavy atom. The second kappa shape index (κ2) is 5.98. The second-order valence-electron chi connectivity index (χ2n) is 4.40. The minimum Gasteiger partial charge on any atom is -0.294 e. The molecule has 2 rings (SSSR count). The molecule has 2 aromatic carbocycles. The predicted molar refractivity (Wildman–Crippen MR) is 75.3 cm³/mol. The number of carbonyl (C=O) groups is 1. The molecule has 0 aliphatic rings. The molecule has 3 heteroatoms. The Morgan fingerprint density at radius 1 is 1.11 bits per heavy atom. The van der Waals surface area contributed by atoms with Crippen molar-refractivity contribution in [3.05, 3.63) is 70.0 Å². The number of halogens is 2. The Hall–Kier alpha value is -1.67. The van der Waals surface area contributed by atoms with E-state index in [0.29, 0.717) is 11.1 Å². The zero-order valence-electron chi connectivity index (χ0n) is 10.6. The van der Waals surface area contributed by atoms with Gasteiger partial charge in [0.15, 0.2) is 5.78 Å². The second-order valence-corrected chi connectivity index (χ2v) is 4.81. The van der Waals surface area contributed by atoms with Crippen LogP contribution in [-0.2, 0) is 12.8 Å². The fourth-order valence-electron chi connectivity index (χ4n) is 1.86. The Bertz CT molecular complexity index is 590. The maximum Gasteiger partial charge on any atom is 0.167 e. The molecule has 98 valence electrons. The molecular formula is C16H14ClFO. The normalized spacial score (nSPS) is 10.5. The van der Waals surface area contributed by atoms with Crippen LogP contribution in [-0.4, -0.2) is 5.78 Å². The first kappa shape index (κ1) is 13.8. The van der Waals surface area contributed by atoms with Gasteiger partial charge in [0.05, 0.1) is 5.02 Å². The lowest BCUT2D eigenvalue weighted by Gasteiger charge is -2.04. The van der Waals surface area contributed by atoms with E-state index in [9.17, 15) is 9.18 Å². The summed E-state index contributed by atoms with van der Waals surface area (Å²) < 4.78 is 13.3. The third-order valence-electron chi connectivity index (χ3n) is 3.03. The van der Waals surface area contributed by atoms with E-state index in [-0.39, 0.29) is 17.2 Å². The molecule has 0 atom stereocenters. The molecule has 0 unspecified atom stereocenters. The first-order valence-electron chi connectivity index (χ1n) is 6.16. The highest BCUT2D eigenvalue weighted by atomic mass is 35.5. The van der Waals surface area contributed by atoms with E-state index in [1.54, 1.807) is 6.07 Å². The molecule has 1 nitrogen and oxygen atoms in total. The summed E-state index contributed by atoms with van der Waals surface area (Å²) in [6.45, 7) is 2.06. The Labute approximate surface area is 117 Å². The highest BCUT2D eigenvalue weighted by Gasteiger charge is 2.09. The predicted octanol–water partition coefficient (Wildman–Crippen LogP) is 4.47. The molecule has 0 radical (unpaired) electrons. The number of rotatable bonds is 4. The van der Waals surface area contributed by atoms with Crippen LogP contribution in [0.2, 0.25) is 5.02 Å². The standard InChI is InChI=1S/C16H14ClFO/c1-2-11-3-6-13(7-4-11)16(19)10-12-5-8-14(17)15(18)9-12/h3-9H,2,10H2,1H3. The van der Waals surface area contributed by atoms with Crippen molar-refractivity contribution in [2.75, 3.05) is 0 Å². The molecule has 2 aromatic rings. The summed E-state index contributed by atoms with van der Waals surface area (Å²) in [5.41, 5.74) is 2.47. The summed E-state index contributed by atoms with van der Waals surface area (Å²) in [4.78, 5) is 12.1. The maximum atomic E-state index is 13.3. The number of hydrogen-bond donors (Lipinski definition) is 0. The lowest BCUT2D eigenvalue weighted by molar-refractivity contribution is 0.0993. The van der Waals surface area contributed by atoms with E-state index < -0.39 is 5.82 Å². The number of benzene rings is 2. The summed E-state index contributed by atoms with van der Waals surface area (Å²) >= 11 is 5.61. The highest BCUT2D eigenvalue weighted by molar-refractivity contribution is 6.30. The van der Waals surface area contributed by atoms with Gasteiger partial charge in [-0.05, 0) is 29.7 Å². The number of Topliss-reactive ketones (excluding diaryl/α,β-unsaturated/α-hetero) is 1. The van der Waals surface area contributed by atoms with E-state index in [2.05, 4.69) is 6.92 Å². The van der Waals surface area contributed by atoms with E-state index in [1.807, 2.05) is 24.3 Å². The van der Waals surface area contributed by atoms with Gasteiger partial charge in [0.25, 0.3) is 0 Å². The van der Waals surface area contributed by atoms with Gasteiger partial charge < -0.3 is 0 Å². The molecular weight excluding hydrogens is 263 g/mol. The molecule has 0 fully saturated rings. The lowest BCUT2D eigenvalue weighted by Crippen LogP contribution is -2.04. The largest absolute Gasteiger partial charge is 0.294 e. The van der Waals surface area contributed by atoms with Crippen LogP contribution in [0.3, 0.4) is 0 Å². The molecule has 0 saturated carbocycles. The van der Waals surface area contributed by atoms with Crippen LogP contribution < -0.4 is 0 Å². The van der Waals surface area contributed by atoms with E-state index in [0.717, 1.165) is 6.42 Å². The van der Waals surface area contributed by atoms with Gasteiger partial charge in [-0.1, -0.05) is 48.9 Å². The summed E-state index contributed by atoms with van der Waals surface area (Å²) in [6, 6.07) is 12.0. The minimum absolute atomic E-state index is 0.0237. The van der Waals surface area contributed by atoms with Crippen LogP contribution >= 0.6 is 11.6 Å². The monoisotopic (exact) mass is 276 g/mol. The van der Waals surface area contributed by atoms with Crippen LogP contribution in [0.25, 0.3) is 0 Å². The zero-order chi connectivity index (χ0) is 13.8. The summed E-state index contributed by atoms with van der Waals surface area (Å²) in [6.07, 6.45) is 1.12. The molecule has 0 amide bonds. The van der Waals surface area contributed by atoms with Crippen molar-refractivity contribution in [2.24, 2.45) is 0 Å². The number of carbonyl (C=O) groups excluding carboxylic acids is 1. The van der Waals surface area contributed by atoms with Gasteiger partial charge in [-0.2, -0.15) is 0 Å². The molecule has 0 bridgehead atoms. The van der Waals surface area contributed by atoms with Crippen LogP contribution in [0.5, 0.6) is 0 Å². The van der Waals surface area contributed by atoms with Crippen LogP contribution in [0.1, 0.15) is 28.4 Å². The topological polar surface area (TPSA) is 17.1 Å². The molecule has 0 aliphatic carbocycles. The van der Waals surface area contributed by atoms with E-state index >= 15 is 0 Å². The van der Waals surface area contributed by atoms with Crippen LogP contribution in [0.15, 0.2) is 42.5 Å². The Kier molecular flexibility index (Phi) is 4.33. The molecule has 0 saturated heterocycles. The molecule has 0 aromatic heterocycles. The van der Waals surface area contributed by atoms with Crippen molar-refractivity contribution in [3.8, 4) is 0 Å². The van der Waals surface area contributed by atoms with Crippen molar-refractivity contribution in [3.63, 3.8) is 0 Å². The van der Waals surface area contributed by atoms with Gasteiger partial charge in [0.1, 0.15) is 5.82 Å². The number of aryl methyl sites for hydroxylation is 1. The lowest BCUT2D eigenvalue weighted by atomic mass is 10.0. The Balaban J connectivity index is 2.13. The van der Waals surface area contributed by atoms with Crippen molar-refractivity contribution in [1.29, 1.82) is 0 Å². The molecule has 19 heavy (non-hydrogen) atoms. The third kappa shape index (κ3) is 3.42. The van der Waals surface area contributed by atoms with Gasteiger partial charge >= 0.3 is 0 Å². The third-order valence-corrected chi connectivity index (χ3v) is 3.34. The molecule has 0 spiro atoms. The first-order valence-corrected chi connectivity index (χ1v) is 6.54. The first-order chi connectivity index (χ1) is 9.10.